The third kappa shape index (κ3) is 4.85. The molecule has 0 radical (unpaired) electrons. The van der Waals surface area contributed by atoms with Gasteiger partial charge in [-0.1, -0.05) is 31.2 Å². The van der Waals surface area contributed by atoms with Gasteiger partial charge in [0, 0.05) is 0 Å². The lowest BCUT2D eigenvalue weighted by Crippen LogP contribution is -2.39. The number of hydrogen-bond acceptors (Lipinski definition) is 2. The molecule has 0 spiro atoms. The molecular weight excluding hydrogens is 310 g/mol. The van der Waals surface area contributed by atoms with Gasteiger partial charge in [-0.25, -0.2) is 0 Å². The summed E-state index contributed by atoms with van der Waals surface area (Å²) in [6.07, 6.45) is 0.134. The molecule has 1 amide bonds. The molecule has 0 aliphatic carbocycles. The van der Waals surface area contributed by atoms with Crippen molar-refractivity contribution in [3.8, 4) is 5.75 Å². The van der Waals surface area contributed by atoms with Crippen molar-refractivity contribution in [1.29, 1.82) is 0 Å². The van der Waals surface area contributed by atoms with Crippen LogP contribution in [0.2, 0.25) is 0 Å². The number of carbonyl (C=O) groups is 1. The van der Waals surface area contributed by atoms with E-state index in [0.29, 0.717) is 6.42 Å². The van der Waals surface area contributed by atoms with E-state index in [4.69, 9.17) is 4.74 Å². The largest absolute Gasteiger partial charge is 0.481 e. The van der Waals surface area contributed by atoms with Crippen LogP contribution in [0.25, 0.3) is 0 Å². The first-order chi connectivity index (χ1) is 11.8. The zero-order valence-corrected chi connectivity index (χ0v) is 16.1. The van der Waals surface area contributed by atoms with Crippen molar-refractivity contribution in [2.24, 2.45) is 0 Å². The van der Waals surface area contributed by atoms with Crippen LogP contribution < -0.4 is 10.1 Å². The number of ether oxygens (including phenoxy) is 1. The molecule has 0 aromatic heterocycles. The van der Waals surface area contributed by atoms with Gasteiger partial charge >= 0.3 is 0 Å². The van der Waals surface area contributed by atoms with Crippen LogP contribution in [0.3, 0.4) is 0 Å². The molecule has 2 aromatic rings. The van der Waals surface area contributed by atoms with E-state index in [1.807, 2.05) is 39.0 Å². The van der Waals surface area contributed by atoms with Crippen molar-refractivity contribution in [1.82, 2.24) is 5.32 Å². The van der Waals surface area contributed by atoms with E-state index in [9.17, 15) is 4.79 Å². The first-order valence-electron chi connectivity index (χ1n) is 8.93. The minimum absolute atomic E-state index is 0.0517. The summed E-state index contributed by atoms with van der Waals surface area (Å²) in [6.45, 7) is 12.3. The second kappa shape index (κ2) is 8.19. The smallest absolute Gasteiger partial charge is 0.261 e. The van der Waals surface area contributed by atoms with Gasteiger partial charge in [-0.3, -0.25) is 4.79 Å². The molecule has 0 fully saturated rings. The van der Waals surface area contributed by atoms with Crippen LogP contribution in [-0.2, 0) is 4.79 Å². The number of hydrogen-bond donors (Lipinski definition) is 1. The lowest BCUT2D eigenvalue weighted by molar-refractivity contribution is -0.128. The van der Waals surface area contributed by atoms with Gasteiger partial charge in [0.1, 0.15) is 5.75 Å². The normalized spacial score (nSPS) is 13.2. The fourth-order valence-electron chi connectivity index (χ4n) is 2.70. The quantitative estimate of drug-likeness (QED) is 0.808. The minimum Gasteiger partial charge on any atom is -0.481 e. The lowest BCUT2D eigenvalue weighted by atomic mass is 10.0. The maximum atomic E-state index is 12.6. The highest BCUT2D eigenvalue weighted by Crippen LogP contribution is 2.20. The number of rotatable bonds is 6. The van der Waals surface area contributed by atoms with E-state index in [1.165, 1.54) is 16.7 Å². The molecule has 0 bridgehead atoms. The Bertz CT molecular complexity index is 752. The molecule has 0 saturated carbocycles. The highest BCUT2D eigenvalue weighted by Gasteiger charge is 2.21. The monoisotopic (exact) mass is 339 g/mol. The Morgan fingerprint density at radius 1 is 0.960 bits per heavy atom. The van der Waals surface area contributed by atoms with Gasteiger partial charge < -0.3 is 10.1 Å². The summed E-state index contributed by atoms with van der Waals surface area (Å²) in [5.41, 5.74) is 5.98. The summed E-state index contributed by atoms with van der Waals surface area (Å²) in [5.74, 6) is 0.662. The summed E-state index contributed by atoms with van der Waals surface area (Å²) in [5, 5.41) is 3.08. The molecule has 0 unspecified atom stereocenters. The Labute approximate surface area is 151 Å². The molecule has 25 heavy (non-hydrogen) atoms. The van der Waals surface area contributed by atoms with Crippen LogP contribution in [0.1, 0.15) is 54.1 Å². The number of aryl methyl sites for hydroxylation is 4. The first kappa shape index (κ1) is 19.0. The molecule has 1 N–H and O–H groups in total. The molecule has 2 atom stereocenters. The summed E-state index contributed by atoms with van der Waals surface area (Å²) < 4.78 is 5.93. The van der Waals surface area contributed by atoms with Gasteiger partial charge in [-0.2, -0.15) is 0 Å². The van der Waals surface area contributed by atoms with Gasteiger partial charge in [0.2, 0.25) is 0 Å². The number of nitrogens with one attached hydrogen (secondary N) is 1. The van der Waals surface area contributed by atoms with Crippen LogP contribution in [0, 0.1) is 27.7 Å². The van der Waals surface area contributed by atoms with E-state index in [-0.39, 0.29) is 11.9 Å². The average molecular weight is 339 g/mol. The van der Waals surface area contributed by atoms with Gasteiger partial charge in [0.05, 0.1) is 6.04 Å². The van der Waals surface area contributed by atoms with Crippen LogP contribution in [0.15, 0.2) is 36.4 Å². The molecule has 0 saturated heterocycles. The second-order valence-corrected chi connectivity index (χ2v) is 6.83. The third-order valence-electron chi connectivity index (χ3n) is 4.81. The third-order valence-corrected chi connectivity index (χ3v) is 4.81. The van der Waals surface area contributed by atoms with Crippen LogP contribution in [0.4, 0.5) is 0 Å². The second-order valence-electron chi connectivity index (χ2n) is 6.83. The Balaban J connectivity index is 2.05. The van der Waals surface area contributed by atoms with Gasteiger partial charge in [-0.15, -0.1) is 0 Å². The lowest BCUT2D eigenvalue weighted by Gasteiger charge is -2.21. The van der Waals surface area contributed by atoms with Crippen LogP contribution in [-0.4, -0.2) is 12.0 Å². The van der Waals surface area contributed by atoms with E-state index in [0.717, 1.165) is 16.9 Å². The number of amides is 1. The van der Waals surface area contributed by atoms with Crippen molar-refractivity contribution in [2.45, 2.75) is 60.1 Å². The summed E-state index contributed by atoms with van der Waals surface area (Å²) in [4.78, 5) is 12.6. The van der Waals surface area contributed by atoms with Crippen molar-refractivity contribution in [3.63, 3.8) is 0 Å². The highest BCUT2D eigenvalue weighted by molar-refractivity contribution is 5.81. The maximum absolute atomic E-state index is 12.6. The summed E-state index contributed by atoms with van der Waals surface area (Å²) >= 11 is 0. The molecule has 0 heterocycles. The van der Waals surface area contributed by atoms with Gasteiger partial charge in [0.25, 0.3) is 5.91 Å². The Morgan fingerprint density at radius 3 is 2.12 bits per heavy atom. The minimum atomic E-state index is -0.490. The molecule has 0 aliphatic rings. The molecule has 2 rings (SSSR count). The van der Waals surface area contributed by atoms with E-state index < -0.39 is 6.10 Å². The standard InChI is InChI=1S/C22H29NO2/c1-7-21(25-20-11-9-15(3)17(5)13-20)22(24)23-18(6)19-10-8-14(2)16(4)12-19/h8-13,18,21H,7H2,1-6H3,(H,23,24)/t18-,21-/m0/s1. The van der Waals surface area contributed by atoms with Crippen LogP contribution in [0.5, 0.6) is 5.75 Å². The molecular formula is C22H29NO2. The predicted octanol–water partition coefficient (Wildman–Crippen LogP) is 4.96. The van der Waals surface area contributed by atoms with E-state index >= 15 is 0 Å². The Kier molecular flexibility index (Phi) is 6.24. The SMILES string of the molecule is CC[C@H](Oc1ccc(C)c(C)c1)C(=O)N[C@@H](C)c1ccc(C)c(C)c1. The fraction of sp³-hybridized carbons (Fsp3) is 0.409. The summed E-state index contributed by atoms with van der Waals surface area (Å²) in [6, 6.07) is 12.2. The zero-order valence-electron chi connectivity index (χ0n) is 16.1. The molecule has 3 heteroatoms. The molecule has 2 aromatic carbocycles. The molecule has 0 aliphatic heterocycles. The van der Waals surface area contributed by atoms with Crippen LogP contribution >= 0.6 is 0 Å². The number of benzene rings is 2. The topological polar surface area (TPSA) is 38.3 Å². The Hall–Kier alpha value is -2.29. The molecule has 134 valence electrons. The predicted molar refractivity (Wildman–Crippen MR) is 103 cm³/mol. The average Bonchev–Trinajstić information content (AvgIpc) is 2.58. The molecule has 3 nitrogen and oxygen atoms in total. The van der Waals surface area contributed by atoms with E-state index in [1.54, 1.807) is 0 Å². The highest BCUT2D eigenvalue weighted by atomic mass is 16.5. The van der Waals surface area contributed by atoms with E-state index in [2.05, 4.69) is 44.3 Å². The van der Waals surface area contributed by atoms with Gasteiger partial charge in [0.15, 0.2) is 6.10 Å². The zero-order chi connectivity index (χ0) is 18.6. The maximum Gasteiger partial charge on any atom is 0.261 e. The van der Waals surface area contributed by atoms with Gasteiger partial charge in [-0.05, 0) is 81.0 Å². The van der Waals surface area contributed by atoms with Crippen molar-refractivity contribution < 1.29 is 9.53 Å². The summed E-state index contributed by atoms with van der Waals surface area (Å²) in [7, 11) is 0. The Morgan fingerprint density at radius 2 is 1.56 bits per heavy atom. The van der Waals surface area contributed by atoms with Crippen molar-refractivity contribution >= 4 is 5.91 Å². The fourth-order valence-corrected chi connectivity index (χ4v) is 2.70. The van der Waals surface area contributed by atoms with Crippen molar-refractivity contribution in [3.05, 3.63) is 64.2 Å². The number of carbonyl (C=O) groups excluding carboxylic acids is 1. The van der Waals surface area contributed by atoms with Crippen molar-refractivity contribution in [2.75, 3.05) is 0 Å². The first-order valence-corrected chi connectivity index (χ1v) is 8.93.